The molecule has 0 aliphatic carbocycles. The highest BCUT2D eigenvalue weighted by Crippen LogP contribution is 2.19. The van der Waals surface area contributed by atoms with E-state index in [0.717, 1.165) is 45.4 Å². The first kappa shape index (κ1) is 16.7. The van der Waals surface area contributed by atoms with E-state index in [1.165, 1.54) is 0 Å². The van der Waals surface area contributed by atoms with Crippen molar-refractivity contribution in [1.82, 2.24) is 10.2 Å². The minimum Gasteiger partial charge on any atom is -0.396 e. The van der Waals surface area contributed by atoms with Gasteiger partial charge in [0.05, 0.1) is 12.6 Å². The summed E-state index contributed by atoms with van der Waals surface area (Å²) in [6, 6.07) is 0.218. The summed E-state index contributed by atoms with van der Waals surface area (Å²) in [6.07, 6.45) is 3.70. The second-order valence-electron chi connectivity index (χ2n) is 6.86. The van der Waals surface area contributed by atoms with Crippen LogP contribution in [0.25, 0.3) is 0 Å². The monoisotopic (exact) mass is 298 g/mol. The molecule has 2 saturated heterocycles. The number of amides is 1. The van der Waals surface area contributed by atoms with Crippen molar-refractivity contribution >= 4 is 5.91 Å². The molecular formula is C16H30N2O3. The van der Waals surface area contributed by atoms with E-state index < -0.39 is 0 Å². The highest BCUT2D eigenvalue weighted by atomic mass is 16.5. The molecule has 2 rings (SSSR count). The van der Waals surface area contributed by atoms with Gasteiger partial charge >= 0.3 is 0 Å². The van der Waals surface area contributed by atoms with Crippen LogP contribution in [0.15, 0.2) is 0 Å². The Morgan fingerprint density at radius 1 is 1.33 bits per heavy atom. The average molecular weight is 298 g/mol. The van der Waals surface area contributed by atoms with Gasteiger partial charge in [-0.2, -0.15) is 0 Å². The lowest BCUT2D eigenvalue weighted by atomic mass is 9.96. The molecule has 21 heavy (non-hydrogen) atoms. The van der Waals surface area contributed by atoms with Crippen molar-refractivity contribution in [3.05, 3.63) is 0 Å². The summed E-state index contributed by atoms with van der Waals surface area (Å²) >= 11 is 0. The standard InChI is InChI=1S/C16H30N2O3/c1-12(2)9-15(17-14-5-8-21-11-14)16(20)18-6-3-13(10-19)4-7-18/h12-15,17,19H,3-11H2,1-2H3. The Labute approximate surface area is 128 Å². The molecule has 2 N–H and O–H groups in total. The first-order chi connectivity index (χ1) is 10.1. The minimum atomic E-state index is -0.0950. The maximum Gasteiger partial charge on any atom is 0.239 e. The predicted octanol–water partition coefficient (Wildman–Crippen LogP) is 1.01. The second kappa shape index (κ2) is 8.11. The summed E-state index contributed by atoms with van der Waals surface area (Å²) in [7, 11) is 0. The van der Waals surface area contributed by atoms with Crippen molar-refractivity contribution < 1.29 is 14.6 Å². The number of piperidine rings is 1. The molecule has 2 unspecified atom stereocenters. The Hall–Kier alpha value is -0.650. The Kier molecular flexibility index (Phi) is 6.45. The van der Waals surface area contributed by atoms with Crippen LogP contribution < -0.4 is 5.32 Å². The van der Waals surface area contributed by atoms with E-state index in [2.05, 4.69) is 19.2 Å². The van der Waals surface area contributed by atoms with Crippen LogP contribution >= 0.6 is 0 Å². The summed E-state index contributed by atoms with van der Waals surface area (Å²) in [4.78, 5) is 14.8. The van der Waals surface area contributed by atoms with Gasteiger partial charge in [-0.1, -0.05) is 13.8 Å². The molecule has 2 aliphatic rings. The van der Waals surface area contributed by atoms with E-state index in [-0.39, 0.29) is 18.6 Å². The summed E-state index contributed by atoms with van der Waals surface area (Å²) in [5, 5.41) is 12.7. The summed E-state index contributed by atoms with van der Waals surface area (Å²) in [5.74, 6) is 1.09. The van der Waals surface area contributed by atoms with Crippen LogP contribution in [0.1, 0.15) is 39.5 Å². The van der Waals surface area contributed by atoms with E-state index in [9.17, 15) is 9.90 Å². The average Bonchev–Trinajstić information content (AvgIpc) is 2.98. The van der Waals surface area contributed by atoms with Gasteiger partial charge in [0.2, 0.25) is 5.91 Å². The Morgan fingerprint density at radius 2 is 2.05 bits per heavy atom. The van der Waals surface area contributed by atoms with Crippen molar-refractivity contribution in [2.24, 2.45) is 11.8 Å². The topological polar surface area (TPSA) is 61.8 Å². The lowest BCUT2D eigenvalue weighted by Gasteiger charge is -2.35. The highest BCUT2D eigenvalue weighted by Gasteiger charge is 2.30. The lowest BCUT2D eigenvalue weighted by molar-refractivity contribution is -0.135. The molecule has 2 aliphatic heterocycles. The number of hydrogen-bond acceptors (Lipinski definition) is 4. The molecule has 0 aromatic carbocycles. The van der Waals surface area contributed by atoms with Crippen molar-refractivity contribution in [1.29, 1.82) is 0 Å². The number of aliphatic hydroxyl groups excluding tert-OH is 1. The number of likely N-dealkylation sites (tertiary alicyclic amines) is 1. The molecule has 0 spiro atoms. The first-order valence-electron chi connectivity index (χ1n) is 8.33. The SMILES string of the molecule is CC(C)CC(NC1CCOC1)C(=O)N1CCC(CO)CC1. The van der Waals surface area contributed by atoms with Gasteiger partial charge in [0, 0.05) is 32.3 Å². The predicted molar refractivity (Wildman–Crippen MR) is 82.0 cm³/mol. The number of carbonyl (C=O) groups excluding carboxylic acids is 1. The van der Waals surface area contributed by atoms with Gasteiger partial charge in [0.1, 0.15) is 0 Å². The molecule has 0 radical (unpaired) electrons. The zero-order valence-corrected chi connectivity index (χ0v) is 13.4. The van der Waals surface area contributed by atoms with Crippen LogP contribution in [0.4, 0.5) is 0 Å². The lowest BCUT2D eigenvalue weighted by Crippen LogP contribution is -2.52. The van der Waals surface area contributed by atoms with Gasteiger partial charge in [0.15, 0.2) is 0 Å². The third-order valence-corrected chi connectivity index (χ3v) is 4.56. The van der Waals surface area contributed by atoms with E-state index in [0.29, 0.717) is 24.5 Å². The van der Waals surface area contributed by atoms with Crippen molar-refractivity contribution in [2.75, 3.05) is 32.9 Å². The fourth-order valence-corrected chi connectivity index (χ4v) is 3.22. The molecular weight excluding hydrogens is 268 g/mol. The molecule has 0 bridgehead atoms. The van der Waals surface area contributed by atoms with E-state index >= 15 is 0 Å². The smallest absolute Gasteiger partial charge is 0.239 e. The maximum atomic E-state index is 12.8. The third kappa shape index (κ3) is 4.94. The maximum absolute atomic E-state index is 12.8. The zero-order chi connectivity index (χ0) is 15.2. The van der Waals surface area contributed by atoms with E-state index in [4.69, 9.17) is 4.74 Å². The van der Waals surface area contributed by atoms with Crippen LogP contribution in [0.3, 0.4) is 0 Å². The van der Waals surface area contributed by atoms with Crippen LogP contribution in [0.2, 0.25) is 0 Å². The van der Waals surface area contributed by atoms with Gasteiger partial charge in [0.25, 0.3) is 0 Å². The number of rotatable bonds is 6. The number of hydrogen-bond donors (Lipinski definition) is 2. The molecule has 122 valence electrons. The first-order valence-corrected chi connectivity index (χ1v) is 8.33. The normalized spacial score (nSPS) is 25.5. The Balaban J connectivity index is 1.90. The van der Waals surface area contributed by atoms with Crippen molar-refractivity contribution in [2.45, 2.75) is 51.6 Å². The molecule has 2 atom stereocenters. The number of aliphatic hydroxyl groups is 1. The summed E-state index contributed by atoms with van der Waals surface area (Å²) in [6.45, 7) is 7.63. The molecule has 5 heteroatoms. The van der Waals surface area contributed by atoms with Gasteiger partial charge < -0.3 is 20.1 Å². The second-order valence-corrected chi connectivity index (χ2v) is 6.86. The van der Waals surface area contributed by atoms with Crippen molar-refractivity contribution in [3.63, 3.8) is 0 Å². The molecule has 2 heterocycles. The highest BCUT2D eigenvalue weighted by molar-refractivity contribution is 5.82. The van der Waals surface area contributed by atoms with Gasteiger partial charge in [-0.05, 0) is 37.5 Å². The molecule has 1 amide bonds. The number of ether oxygens (including phenoxy) is 1. The fraction of sp³-hybridized carbons (Fsp3) is 0.938. The largest absolute Gasteiger partial charge is 0.396 e. The molecule has 0 saturated carbocycles. The van der Waals surface area contributed by atoms with Crippen LogP contribution in [-0.2, 0) is 9.53 Å². The molecule has 0 aromatic rings. The molecule has 2 fully saturated rings. The van der Waals surface area contributed by atoms with Crippen LogP contribution in [0.5, 0.6) is 0 Å². The zero-order valence-electron chi connectivity index (χ0n) is 13.4. The summed E-state index contributed by atoms with van der Waals surface area (Å²) < 4.78 is 5.40. The Bertz CT molecular complexity index is 321. The van der Waals surface area contributed by atoms with Gasteiger partial charge in [-0.3, -0.25) is 4.79 Å². The summed E-state index contributed by atoms with van der Waals surface area (Å²) in [5.41, 5.74) is 0. The number of nitrogens with one attached hydrogen (secondary N) is 1. The number of carbonyl (C=O) groups is 1. The van der Waals surface area contributed by atoms with E-state index in [1.54, 1.807) is 0 Å². The van der Waals surface area contributed by atoms with Crippen LogP contribution in [0, 0.1) is 11.8 Å². The van der Waals surface area contributed by atoms with Gasteiger partial charge in [-0.25, -0.2) is 0 Å². The van der Waals surface area contributed by atoms with Crippen molar-refractivity contribution in [3.8, 4) is 0 Å². The van der Waals surface area contributed by atoms with E-state index in [1.807, 2.05) is 4.90 Å². The minimum absolute atomic E-state index is 0.0950. The third-order valence-electron chi connectivity index (χ3n) is 4.56. The number of nitrogens with zero attached hydrogens (tertiary/aromatic N) is 1. The van der Waals surface area contributed by atoms with Crippen LogP contribution in [-0.4, -0.2) is 60.9 Å². The quantitative estimate of drug-likeness (QED) is 0.768. The fourth-order valence-electron chi connectivity index (χ4n) is 3.22. The Morgan fingerprint density at radius 3 is 2.57 bits per heavy atom. The van der Waals surface area contributed by atoms with Gasteiger partial charge in [-0.15, -0.1) is 0 Å². The molecule has 5 nitrogen and oxygen atoms in total. The molecule has 0 aromatic heterocycles.